The van der Waals surface area contributed by atoms with Crippen LogP contribution >= 0.6 is 12.2 Å². The Balaban J connectivity index is 4.01. The highest BCUT2D eigenvalue weighted by Crippen LogP contribution is 2.09. The number of carbonyl (C=O) groups excluding carboxylic acids is 1. The molecule has 0 bridgehead atoms. The highest BCUT2D eigenvalue weighted by Gasteiger charge is 2.12. The number of methoxy groups -OCH3 is 1. The lowest BCUT2D eigenvalue weighted by Gasteiger charge is -2.23. The quantitative estimate of drug-likeness (QED) is 0.209. The average molecular weight is 311 g/mol. The van der Waals surface area contributed by atoms with Crippen molar-refractivity contribution in [2.75, 3.05) is 20.2 Å². The smallest absolute Gasteiger partial charge is 0.330 e. The molecule has 0 spiro atoms. The van der Waals surface area contributed by atoms with E-state index in [9.17, 15) is 9.90 Å². The van der Waals surface area contributed by atoms with E-state index in [-0.39, 0.29) is 5.97 Å². The Hall–Kier alpha value is -1.46. The number of hydrogen-bond acceptors (Lipinski definition) is 4. The summed E-state index contributed by atoms with van der Waals surface area (Å²) < 4.78 is 4.49. The molecular weight excluding hydrogens is 286 g/mol. The number of ether oxygens (including phenoxy) is 1. The van der Waals surface area contributed by atoms with Crippen molar-refractivity contribution < 1.29 is 14.6 Å². The average Bonchev–Trinajstić information content (AvgIpc) is 2.46. The largest absolute Gasteiger partial charge is 0.466 e. The molecule has 0 unspecified atom stereocenters. The summed E-state index contributed by atoms with van der Waals surface area (Å²) in [5.74, 6) is -0.360. The molecule has 0 aromatic heterocycles. The van der Waals surface area contributed by atoms with Crippen LogP contribution in [0.2, 0.25) is 0 Å². The first-order valence-corrected chi connectivity index (χ1v) is 7.38. The molecule has 0 radical (unpaired) electrons. The summed E-state index contributed by atoms with van der Waals surface area (Å²) >= 11 is 5.33. The summed E-state index contributed by atoms with van der Waals surface area (Å²) in [7, 11) is 1.34. The summed E-state index contributed by atoms with van der Waals surface area (Å²) in [5.41, 5.74) is 0. The van der Waals surface area contributed by atoms with Crippen molar-refractivity contribution in [3.63, 3.8) is 0 Å². The first kappa shape index (κ1) is 19.5. The molecule has 0 aromatic rings. The summed E-state index contributed by atoms with van der Waals surface area (Å²) in [6.07, 6.45) is 8.84. The number of aliphatic hydroxyl groups excluding tert-OH is 1. The van der Waals surface area contributed by atoms with E-state index in [1.165, 1.54) is 13.2 Å². The van der Waals surface area contributed by atoms with Gasteiger partial charge in [-0.05, 0) is 19.3 Å². The fraction of sp³-hybridized carbons (Fsp3) is 0.500. The minimum atomic E-state index is -0.471. The van der Waals surface area contributed by atoms with E-state index in [0.29, 0.717) is 30.9 Å². The van der Waals surface area contributed by atoms with Gasteiger partial charge in [0.2, 0.25) is 0 Å². The molecule has 0 heterocycles. The number of thiocarbonyl (C=S) groups is 1. The summed E-state index contributed by atoms with van der Waals surface area (Å²) in [4.78, 5) is 13.5. The lowest BCUT2D eigenvalue weighted by Crippen LogP contribution is -2.32. The zero-order valence-corrected chi connectivity index (χ0v) is 13.5. The molecule has 1 N–H and O–H groups in total. The van der Waals surface area contributed by atoms with Crippen LogP contribution in [0.1, 0.15) is 25.7 Å². The Morgan fingerprint density at radius 3 is 2.52 bits per heavy atom. The van der Waals surface area contributed by atoms with Gasteiger partial charge in [-0.25, -0.2) is 4.79 Å². The number of hydrogen-bond donors (Lipinski definition) is 1. The van der Waals surface area contributed by atoms with Crippen LogP contribution in [-0.4, -0.2) is 47.3 Å². The fourth-order valence-electron chi connectivity index (χ4n) is 1.74. The minimum absolute atomic E-state index is 0.360. The van der Waals surface area contributed by atoms with E-state index >= 15 is 0 Å². The molecule has 4 nitrogen and oxygen atoms in total. The topological polar surface area (TPSA) is 49.8 Å². The van der Waals surface area contributed by atoms with E-state index in [1.807, 2.05) is 4.90 Å². The molecule has 0 fully saturated rings. The van der Waals surface area contributed by atoms with Gasteiger partial charge in [0.15, 0.2) is 0 Å². The van der Waals surface area contributed by atoms with E-state index < -0.39 is 6.10 Å². The van der Waals surface area contributed by atoms with Gasteiger partial charge in [0.25, 0.3) is 0 Å². The molecule has 1 atom stereocenters. The zero-order chi connectivity index (χ0) is 16.1. The van der Waals surface area contributed by atoms with Gasteiger partial charge < -0.3 is 14.7 Å². The fourth-order valence-corrected chi connectivity index (χ4v) is 2.08. The maximum Gasteiger partial charge on any atom is 0.330 e. The summed E-state index contributed by atoms with van der Waals surface area (Å²) in [5, 5.41) is 9.98. The Morgan fingerprint density at radius 1 is 1.38 bits per heavy atom. The van der Waals surface area contributed by atoms with E-state index in [1.54, 1.807) is 18.2 Å². The third-order valence-corrected chi connectivity index (χ3v) is 3.25. The van der Waals surface area contributed by atoms with Gasteiger partial charge in [0.1, 0.15) is 0 Å². The van der Waals surface area contributed by atoms with Crippen molar-refractivity contribution >= 4 is 23.2 Å². The third-order valence-electron chi connectivity index (χ3n) is 2.83. The Kier molecular flexibility index (Phi) is 11.4. The Morgan fingerprint density at radius 2 is 2.00 bits per heavy atom. The van der Waals surface area contributed by atoms with Crippen molar-refractivity contribution in [2.24, 2.45) is 0 Å². The first-order valence-electron chi connectivity index (χ1n) is 6.97. The Bertz CT molecular complexity index is 370. The maximum atomic E-state index is 10.9. The highest BCUT2D eigenvalue weighted by molar-refractivity contribution is 7.80. The number of unbranched alkanes of at least 4 members (excludes halogenated alkanes) is 1. The maximum absolute atomic E-state index is 10.9. The SMILES string of the molecule is C=CCN(CC=C)C(=S)C[C@@H](O)CCC/C=C/C(=O)OC. The standard InChI is InChI=1S/C16H25NO3S/c1-4-11-17(12-5-2)15(21)13-14(18)9-7-6-8-10-16(19)20-3/h4-5,8,10,14,18H,1-2,6-7,9,11-13H2,3H3/b10-8+/t14-/m0/s1. The number of esters is 1. The van der Waals surface area contributed by atoms with Crippen molar-refractivity contribution in [3.8, 4) is 0 Å². The highest BCUT2D eigenvalue weighted by atomic mass is 32.1. The van der Waals surface area contributed by atoms with Crippen LogP contribution in [0.3, 0.4) is 0 Å². The predicted octanol–water partition coefficient (Wildman–Crippen LogP) is 2.64. The van der Waals surface area contributed by atoms with Crippen molar-refractivity contribution in [1.82, 2.24) is 4.90 Å². The number of nitrogens with zero attached hydrogens (tertiary/aromatic N) is 1. The van der Waals surface area contributed by atoms with E-state index in [0.717, 1.165) is 12.8 Å². The number of allylic oxidation sites excluding steroid dienone is 1. The normalized spacial score (nSPS) is 11.9. The van der Waals surface area contributed by atoms with Gasteiger partial charge in [0, 0.05) is 25.6 Å². The van der Waals surface area contributed by atoms with Crippen LogP contribution in [0.4, 0.5) is 0 Å². The van der Waals surface area contributed by atoms with Crippen molar-refractivity contribution in [2.45, 2.75) is 31.8 Å². The first-order chi connectivity index (χ1) is 10.0. The van der Waals surface area contributed by atoms with Crippen LogP contribution in [0.5, 0.6) is 0 Å². The number of carbonyl (C=O) groups is 1. The number of aliphatic hydroxyl groups is 1. The lowest BCUT2D eigenvalue weighted by atomic mass is 10.1. The molecule has 0 rings (SSSR count). The second-order valence-electron chi connectivity index (χ2n) is 4.59. The number of rotatable bonds is 11. The van der Waals surface area contributed by atoms with Crippen LogP contribution in [0.15, 0.2) is 37.5 Å². The monoisotopic (exact) mass is 311 g/mol. The van der Waals surface area contributed by atoms with Gasteiger partial charge in [-0.3, -0.25) is 0 Å². The van der Waals surface area contributed by atoms with E-state index in [4.69, 9.17) is 12.2 Å². The molecule has 0 amide bonds. The van der Waals surface area contributed by atoms with Gasteiger partial charge in [0.05, 0.1) is 18.2 Å². The van der Waals surface area contributed by atoms with Gasteiger partial charge >= 0.3 is 5.97 Å². The second kappa shape index (κ2) is 12.3. The van der Waals surface area contributed by atoms with Crippen LogP contribution < -0.4 is 0 Å². The summed E-state index contributed by atoms with van der Waals surface area (Å²) in [6, 6.07) is 0. The van der Waals surface area contributed by atoms with Gasteiger partial charge in [-0.15, -0.1) is 13.2 Å². The Labute approximate surface area is 132 Å². The molecule has 21 heavy (non-hydrogen) atoms. The van der Waals surface area contributed by atoms with E-state index in [2.05, 4.69) is 17.9 Å². The molecule has 0 aliphatic carbocycles. The van der Waals surface area contributed by atoms with Crippen LogP contribution in [0, 0.1) is 0 Å². The van der Waals surface area contributed by atoms with Crippen LogP contribution in [-0.2, 0) is 9.53 Å². The molecule has 0 aromatic carbocycles. The van der Waals surface area contributed by atoms with Crippen molar-refractivity contribution in [3.05, 3.63) is 37.5 Å². The second-order valence-corrected chi connectivity index (χ2v) is 5.06. The van der Waals surface area contributed by atoms with Gasteiger partial charge in [-0.2, -0.15) is 0 Å². The molecule has 0 saturated heterocycles. The molecule has 118 valence electrons. The van der Waals surface area contributed by atoms with Gasteiger partial charge in [-0.1, -0.05) is 30.4 Å². The predicted molar refractivity (Wildman–Crippen MR) is 90.2 cm³/mol. The molecule has 0 saturated carbocycles. The van der Waals surface area contributed by atoms with Crippen molar-refractivity contribution in [1.29, 1.82) is 0 Å². The summed E-state index contributed by atoms with van der Waals surface area (Å²) in [6.45, 7) is 8.69. The zero-order valence-electron chi connectivity index (χ0n) is 12.7. The molecular formula is C16H25NO3S. The van der Waals surface area contributed by atoms with Crippen LogP contribution in [0.25, 0.3) is 0 Å². The third kappa shape index (κ3) is 9.98. The minimum Gasteiger partial charge on any atom is -0.466 e. The molecule has 0 aliphatic heterocycles. The lowest BCUT2D eigenvalue weighted by molar-refractivity contribution is -0.134. The molecule has 5 heteroatoms. The molecule has 0 aliphatic rings.